The number of fused-ring (bicyclic) bond motifs is 3. The molecule has 9 nitrogen and oxygen atoms in total. The Labute approximate surface area is 192 Å². The van der Waals surface area contributed by atoms with Crippen LogP contribution >= 0.6 is 11.8 Å². The summed E-state index contributed by atoms with van der Waals surface area (Å²) < 4.78 is 14.0. The molecule has 2 aromatic heterocycles. The minimum absolute atomic E-state index is 0.160. The maximum Gasteiger partial charge on any atom is 0.265 e. The molecule has 2 aliphatic heterocycles. The average Bonchev–Trinajstić information content (AvgIpc) is 3.52. The molecule has 0 aliphatic carbocycles. The van der Waals surface area contributed by atoms with Gasteiger partial charge in [0.15, 0.2) is 22.3 Å². The first-order chi connectivity index (χ1) is 16.1. The van der Waals surface area contributed by atoms with Gasteiger partial charge in [0.05, 0.1) is 17.9 Å². The summed E-state index contributed by atoms with van der Waals surface area (Å²) in [6, 6.07) is 12.8. The van der Waals surface area contributed by atoms with E-state index in [2.05, 4.69) is 10.4 Å². The zero-order valence-corrected chi connectivity index (χ0v) is 18.5. The van der Waals surface area contributed by atoms with Crippen LogP contribution in [0.2, 0.25) is 0 Å². The van der Waals surface area contributed by atoms with Crippen LogP contribution in [0.25, 0.3) is 16.7 Å². The molecule has 1 atom stereocenters. The fourth-order valence-corrected chi connectivity index (χ4v) is 5.26. The number of nitrogens with one attached hydrogen (secondary N) is 1. The molecular weight excluding hydrogens is 442 g/mol. The summed E-state index contributed by atoms with van der Waals surface area (Å²) in [4.78, 5) is 30.8. The minimum atomic E-state index is -0.286. The standard InChI is InChI=1S/C23H19N5O4S/c1-13-3-2-4-15(7-13)28-21-17(10-24-28)22(30)27-16(11-33-23(27)26-21)9-20(29)25-14-5-6-18-19(8-14)32-12-31-18/h2-8,10,16H,9,11-12H2,1H3,(H,25,29). The molecule has 10 heteroatoms. The monoisotopic (exact) mass is 461 g/mol. The zero-order valence-electron chi connectivity index (χ0n) is 17.6. The Morgan fingerprint density at radius 1 is 1.21 bits per heavy atom. The summed E-state index contributed by atoms with van der Waals surface area (Å²) in [6.45, 7) is 2.18. The van der Waals surface area contributed by atoms with Crippen molar-refractivity contribution in [1.29, 1.82) is 0 Å². The summed E-state index contributed by atoms with van der Waals surface area (Å²) in [5, 5.41) is 8.32. The van der Waals surface area contributed by atoms with Gasteiger partial charge < -0.3 is 14.8 Å². The summed E-state index contributed by atoms with van der Waals surface area (Å²) in [7, 11) is 0. The number of aromatic nitrogens is 4. The van der Waals surface area contributed by atoms with Crippen LogP contribution in [0, 0.1) is 6.92 Å². The van der Waals surface area contributed by atoms with Crippen LogP contribution in [0.5, 0.6) is 11.5 Å². The predicted octanol–water partition coefficient (Wildman–Crippen LogP) is 3.29. The van der Waals surface area contributed by atoms with Crippen LogP contribution in [0.3, 0.4) is 0 Å². The lowest BCUT2D eigenvalue weighted by molar-refractivity contribution is -0.116. The number of anilines is 1. The molecule has 1 unspecified atom stereocenters. The van der Waals surface area contributed by atoms with E-state index in [-0.39, 0.29) is 30.7 Å². The first-order valence-corrected chi connectivity index (χ1v) is 11.4. The molecule has 6 rings (SSSR count). The van der Waals surface area contributed by atoms with Crippen molar-refractivity contribution >= 4 is 34.4 Å². The number of hydrogen-bond donors (Lipinski definition) is 1. The van der Waals surface area contributed by atoms with Crippen LogP contribution in [-0.2, 0) is 4.79 Å². The lowest BCUT2D eigenvalue weighted by atomic mass is 10.2. The van der Waals surface area contributed by atoms with Crippen molar-refractivity contribution in [3.8, 4) is 17.2 Å². The number of ether oxygens (including phenoxy) is 2. The number of benzene rings is 2. The van der Waals surface area contributed by atoms with E-state index in [4.69, 9.17) is 14.5 Å². The van der Waals surface area contributed by atoms with Gasteiger partial charge in [-0.25, -0.2) is 9.67 Å². The van der Waals surface area contributed by atoms with Gasteiger partial charge in [0.1, 0.15) is 5.39 Å². The molecule has 0 saturated heterocycles. The van der Waals surface area contributed by atoms with Crippen molar-refractivity contribution in [3.63, 3.8) is 0 Å². The molecular formula is C23H19N5O4S. The van der Waals surface area contributed by atoms with Crippen molar-refractivity contribution < 1.29 is 14.3 Å². The second-order valence-corrected chi connectivity index (χ2v) is 8.97. The van der Waals surface area contributed by atoms with Gasteiger partial charge in [-0.2, -0.15) is 5.10 Å². The second-order valence-electron chi connectivity index (χ2n) is 7.99. The molecule has 33 heavy (non-hydrogen) atoms. The highest BCUT2D eigenvalue weighted by Gasteiger charge is 2.30. The number of thioether (sulfide) groups is 1. The maximum absolute atomic E-state index is 13.3. The van der Waals surface area contributed by atoms with Crippen molar-refractivity contribution in [1.82, 2.24) is 19.3 Å². The molecule has 0 radical (unpaired) electrons. The third-order valence-electron chi connectivity index (χ3n) is 5.69. The fourth-order valence-electron chi connectivity index (χ4n) is 4.13. The molecule has 0 spiro atoms. The SMILES string of the molecule is Cc1cccc(-n2ncc3c(=O)n4c(nc32)SCC4CC(=O)Nc2ccc3c(c2)OCO3)c1. The van der Waals surface area contributed by atoms with Crippen LogP contribution < -0.4 is 20.3 Å². The van der Waals surface area contributed by atoms with Crippen LogP contribution in [0.1, 0.15) is 18.0 Å². The lowest BCUT2D eigenvalue weighted by Gasteiger charge is -2.13. The van der Waals surface area contributed by atoms with Gasteiger partial charge >= 0.3 is 0 Å². The lowest BCUT2D eigenvalue weighted by Crippen LogP contribution is -2.27. The van der Waals surface area contributed by atoms with E-state index in [0.29, 0.717) is 39.1 Å². The van der Waals surface area contributed by atoms with Gasteiger partial charge in [-0.3, -0.25) is 14.2 Å². The van der Waals surface area contributed by atoms with E-state index in [1.165, 1.54) is 11.8 Å². The molecule has 2 aromatic carbocycles. The highest BCUT2D eigenvalue weighted by molar-refractivity contribution is 7.99. The molecule has 1 N–H and O–H groups in total. The van der Waals surface area contributed by atoms with E-state index >= 15 is 0 Å². The average molecular weight is 462 g/mol. The van der Waals surface area contributed by atoms with Gasteiger partial charge in [-0.1, -0.05) is 23.9 Å². The molecule has 0 bridgehead atoms. The number of nitrogens with zero attached hydrogens (tertiary/aromatic N) is 4. The number of rotatable bonds is 4. The van der Waals surface area contributed by atoms with Crippen molar-refractivity contribution in [2.75, 3.05) is 17.9 Å². The fraction of sp³-hybridized carbons (Fsp3) is 0.217. The van der Waals surface area contributed by atoms with Crippen molar-refractivity contribution in [2.24, 2.45) is 0 Å². The molecule has 166 valence electrons. The number of carbonyl (C=O) groups is 1. The van der Waals surface area contributed by atoms with E-state index in [1.807, 2.05) is 31.2 Å². The predicted molar refractivity (Wildman–Crippen MR) is 123 cm³/mol. The first kappa shape index (κ1) is 19.9. The third-order valence-corrected chi connectivity index (χ3v) is 6.79. The Hall–Kier alpha value is -3.79. The van der Waals surface area contributed by atoms with Gasteiger partial charge in [-0.05, 0) is 36.8 Å². The second kappa shape index (κ2) is 7.66. The highest BCUT2D eigenvalue weighted by atomic mass is 32.2. The Morgan fingerprint density at radius 2 is 2.09 bits per heavy atom. The summed E-state index contributed by atoms with van der Waals surface area (Å²) in [6.07, 6.45) is 1.71. The highest BCUT2D eigenvalue weighted by Crippen LogP contribution is 2.36. The number of aryl methyl sites for hydroxylation is 1. The van der Waals surface area contributed by atoms with Crippen molar-refractivity contribution in [3.05, 3.63) is 64.6 Å². The van der Waals surface area contributed by atoms with Crippen LogP contribution in [0.4, 0.5) is 5.69 Å². The Bertz CT molecular complexity index is 1480. The maximum atomic E-state index is 13.3. The molecule has 4 heterocycles. The van der Waals surface area contributed by atoms with E-state index in [1.54, 1.807) is 33.6 Å². The smallest absolute Gasteiger partial charge is 0.265 e. The molecule has 0 fully saturated rings. The topological polar surface area (TPSA) is 100 Å². The molecule has 0 saturated carbocycles. The molecule has 2 aliphatic rings. The van der Waals surface area contributed by atoms with Crippen molar-refractivity contribution in [2.45, 2.75) is 24.5 Å². The normalized spacial score (nSPS) is 16.2. The number of hydrogen-bond acceptors (Lipinski definition) is 7. The first-order valence-electron chi connectivity index (χ1n) is 10.5. The third kappa shape index (κ3) is 3.43. The molecule has 4 aromatic rings. The van der Waals surface area contributed by atoms with E-state index in [0.717, 1.165) is 11.3 Å². The largest absolute Gasteiger partial charge is 0.454 e. The zero-order chi connectivity index (χ0) is 22.5. The number of amides is 1. The van der Waals surface area contributed by atoms with Crippen LogP contribution in [0.15, 0.2) is 58.6 Å². The molecule has 1 amide bonds. The Morgan fingerprint density at radius 3 is 2.97 bits per heavy atom. The summed E-state index contributed by atoms with van der Waals surface area (Å²) in [5.41, 5.74) is 2.91. The van der Waals surface area contributed by atoms with E-state index < -0.39 is 0 Å². The summed E-state index contributed by atoms with van der Waals surface area (Å²) >= 11 is 1.47. The quantitative estimate of drug-likeness (QED) is 0.466. The van der Waals surface area contributed by atoms with Gasteiger partial charge in [-0.15, -0.1) is 0 Å². The number of carbonyl (C=O) groups excluding carboxylic acids is 1. The Balaban J connectivity index is 1.27. The minimum Gasteiger partial charge on any atom is -0.454 e. The Kier molecular flexibility index (Phi) is 4.61. The summed E-state index contributed by atoms with van der Waals surface area (Å²) in [5.74, 6) is 1.67. The van der Waals surface area contributed by atoms with Gasteiger partial charge in [0.2, 0.25) is 12.7 Å². The van der Waals surface area contributed by atoms with Gasteiger partial charge in [0.25, 0.3) is 5.56 Å². The van der Waals surface area contributed by atoms with E-state index in [9.17, 15) is 9.59 Å². The van der Waals surface area contributed by atoms with Gasteiger partial charge in [0, 0.05) is 23.9 Å². The van der Waals surface area contributed by atoms with Crippen LogP contribution in [-0.4, -0.2) is 37.8 Å².